The molecule has 1 saturated heterocycles. The van der Waals surface area contributed by atoms with E-state index >= 15 is 0 Å². The first-order chi connectivity index (χ1) is 12.2. The highest BCUT2D eigenvalue weighted by atomic mass is 35.5. The molecule has 140 valence electrons. The predicted molar refractivity (Wildman–Crippen MR) is 106 cm³/mol. The highest BCUT2D eigenvalue weighted by Crippen LogP contribution is 2.37. The molecule has 1 unspecified atom stereocenters. The number of hydrogen-bond donors (Lipinski definition) is 2. The van der Waals surface area contributed by atoms with E-state index in [1.54, 1.807) is 11.3 Å². The minimum Gasteiger partial charge on any atom is -0.364 e. The molecule has 1 aliphatic heterocycles. The average molecular weight is 394 g/mol. The second-order valence-corrected chi connectivity index (χ2v) is 7.87. The lowest BCUT2D eigenvalue weighted by molar-refractivity contribution is -0.126. The molecule has 2 aliphatic rings. The zero-order chi connectivity index (χ0) is 17.2. The molecule has 0 saturated carbocycles. The topological polar surface area (TPSA) is 77.2 Å². The van der Waals surface area contributed by atoms with E-state index in [1.165, 1.54) is 10.4 Å². The lowest BCUT2D eigenvalue weighted by Gasteiger charge is -2.21. The normalized spacial score (nSPS) is 24.6. The summed E-state index contributed by atoms with van der Waals surface area (Å²) in [5.41, 5.74) is 8.14. The van der Waals surface area contributed by atoms with E-state index in [0.29, 0.717) is 17.6 Å². The third-order valence-electron chi connectivity index (χ3n) is 5.10. The number of hydrogen-bond acceptors (Lipinski definition) is 5. The van der Waals surface area contributed by atoms with Crippen molar-refractivity contribution in [2.75, 3.05) is 11.9 Å². The van der Waals surface area contributed by atoms with E-state index in [1.807, 2.05) is 0 Å². The van der Waals surface area contributed by atoms with Crippen LogP contribution in [0, 0.1) is 0 Å². The number of aryl methyl sites for hydroxylation is 1. The molecule has 3 N–H and O–H groups in total. The highest BCUT2D eigenvalue weighted by Gasteiger charge is 2.31. The molecule has 1 amide bonds. The molecule has 0 bridgehead atoms. The Hall–Kier alpha value is -1.47. The van der Waals surface area contributed by atoms with Crippen LogP contribution in [0.25, 0.3) is 0 Å². The van der Waals surface area contributed by atoms with Crippen molar-refractivity contribution in [1.29, 1.82) is 0 Å². The van der Waals surface area contributed by atoms with Crippen molar-refractivity contribution in [1.82, 2.24) is 4.98 Å². The summed E-state index contributed by atoms with van der Waals surface area (Å²) < 4.78 is 5.66. The van der Waals surface area contributed by atoms with Gasteiger partial charge in [0.25, 0.3) is 5.91 Å². The third-order valence-corrected chi connectivity index (χ3v) is 6.14. The number of rotatable bonds is 4. The summed E-state index contributed by atoms with van der Waals surface area (Å²) in [7, 11) is 0. The summed E-state index contributed by atoms with van der Waals surface area (Å²) in [5, 5.41) is 3.64. The van der Waals surface area contributed by atoms with Gasteiger partial charge in [-0.05, 0) is 43.6 Å². The van der Waals surface area contributed by atoms with Gasteiger partial charge in [-0.3, -0.25) is 10.1 Å². The smallest absolute Gasteiger partial charge is 0.255 e. The summed E-state index contributed by atoms with van der Waals surface area (Å²) in [5.74, 6) is 0.447. The molecule has 7 heteroatoms. The molecule has 1 fully saturated rings. The number of carbonyl (C=O) groups excluding carboxylic acids is 1. The molecule has 1 aromatic carbocycles. The van der Waals surface area contributed by atoms with Gasteiger partial charge in [0.2, 0.25) is 0 Å². The molecule has 26 heavy (non-hydrogen) atoms. The molecule has 1 aromatic heterocycles. The van der Waals surface area contributed by atoms with Gasteiger partial charge in [0, 0.05) is 11.4 Å². The molecule has 0 spiro atoms. The van der Waals surface area contributed by atoms with Gasteiger partial charge < -0.3 is 10.5 Å². The molecular formula is C19H24ClN3O2S. The van der Waals surface area contributed by atoms with E-state index in [4.69, 9.17) is 10.5 Å². The Bertz CT molecular complexity index is 752. The Morgan fingerprint density at radius 2 is 2.08 bits per heavy atom. The second-order valence-electron chi connectivity index (χ2n) is 6.79. The number of amides is 1. The van der Waals surface area contributed by atoms with Gasteiger partial charge in [0.15, 0.2) is 5.13 Å². The first kappa shape index (κ1) is 19.3. The van der Waals surface area contributed by atoms with Crippen LogP contribution in [0.4, 0.5) is 5.13 Å². The largest absolute Gasteiger partial charge is 0.364 e. The van der Waals surface area contributed by atoms with E-state index in [-0.39, 0.29) is 24.4 Å². The number of fused-ring (bicyclic) bond motifs is 1. The maximum absolute atomic E-state index is 12.4. The van der Waals surface area contributed by atoms with Crippen molar-refractivity contribution >= 4 is 34.8 Å². The second kappa shape index (κ2) is 8.48. The predicted octanol–water partition coefficient (Wildman–Crippen LogP) is 3.28. The molecule has 5 nitrogen and oxygen atoms in total. The van der Waals surface area contributed by atoms with Crippen LogP contribution in [-0.4, -0.2) is 29.6 Å². The Morgan fingerprint density at radius 1 is 1.27 bits per heavy atom. The Labute approximate surface area is 163 Å². The number of carbonyl (C=O) groups is 1. The van der Waals surface area contributed by atoms with E-state index in [0.717, 1.165) is 37.8 Å². The molecule has 4 rings (SSSR count). The van der Waals surface area contributed by atoms with Crippen LogP contribution in [-0.2, 0) is 22.4 Å². The number of anilines is 1. The number of nitrogens with two attached hydrogens (primary N) is 1. The van der Waals surface area contributed by atoms with Gasteiger partial charge in [0.1, 0.15) is 6.10 Å². The van der Waals surface area contributed by atoms with Crippen LogP contribution >= 0.6 is 23.7 Å². The number of thiazole rings is 1. The minimum atomic E-state index is -0.397. The highest BCUT2D eigenvalue weighted by molar-refractivity contribution is 7.15. The van der Waals surface area contributed by atoms with Crippen molar-refractivity contribution in [3.63, 3.8) is 0 Å². The van der Waals surface area contributed by atoms with Gasteiger partial charge in [-0.15, -0.1) is 23.7 Å². The fourth-order valence-electron chi connectivity index (χ4n) is 3.70. The lowest BCUT2D eigenvalue weighted by atomic mass is 9.85. The van der Waals surface area contributed by atoms with Gasteiger partial charge >= 0.3 is 0 Å². The summed E-state index contributed by atoms with van der Waals surface area (Å²) in [6, 6.07) is 10.6. The lowest BCUT2D eigenvalue weighted by Crippen LogP contribution is -2.29. The standard InChI is InChI=1S/C19H23N3O2S.ClH/c20-11-14-7-9-16(24-14)18(23)22-19-21-15-8-6-13(10-17(15)25-19)12-4-2-1-3-5-12;/h1-5,13-14,16H,6-11,20H2,(H,21,22,23);1H/t13?,14-,16+;/m1./s1. The van der Waals surface area contributed by atoms with Crippen molar-refractivity contribution in [3.05, 3.63) is 46.5 Å². The van der Waals surface area contributed by atoms with Crippen LogP contribution in [0.3, 0.4) is 0 Å². The van der Waals surface area contributed by atoms with Gasteiger partial charge in [-0.1, -0.05) is 30.3 Å². The summed E-state index contributed by atoms with van der Waals surface area (Å²) in [4.78, 5) is 18.3. The fraction of sp³-hybridized carbons (Fsp3) is 0.474. The van der Waals surface area contributed by atoms with Crippen LogP contribution in [0.5, 0.6) is 0 Å². The number of benzene rings is 1. The Morgan fingerprint density at radius 3 is 2.81 bits per heavy atom. The fourth-order valence-corrected chi connectivity index (χ4v) is 4.79. The molecular weight excluding hydrogens is 370 g/mol. The van der Waals surface area contributed by atoms with Crippen LogP contribution in [0.15, 0.2) is 30.3 Å². The minimum absolute atomic E-state index is 0. The first-order valence-electron chi connectivity index (χ1n) is 8.93. The number of nitrogens with zero attached hydrogens (tertiary/aromatic N) is 1. The van der Waals surface area contributed by atoms with Crippen molar-refractivity contribution in [2.24, 2.45) is 5.73 Å². The molecule has 0 radical (unpaired) electrons. The monoisotopic (exact) mass is 393 g/mol. The maximum atomic E-state index is 12.4. The number of halogens is 1. The van der Waals surface area contributed by atoms with Crippen LogP contribution in [0.1, 0.15) is 41.3 Å². The van der Waals surface area contributed by atoms with Gasteiger partial charge in [-0.2, -0.15) is 0 Å². The van der Waals surface area contributed by atoms with Crippen LogP contribution < -0.4 is 11.1 Å². The quantitative estimate of drug-likeness (QED) is 0.835. The molecule has 2 aromatic rings. The number of nitrogens with one attached hydrogen (secondary N) is 1. The van der Waals surface area contributed by atoms with Crippen molar-refractivity contribution in [2.45, 2.75) is 50.2 Å². The third kappa shape index (κ3) is 4.09. The Kier molecular flexibility index (Phi) is 6.29. The summed E-state index contributed by atoms with van der Waals surface area (Å²) in [6.07, 6.45) is 4.27. The van der Waals surface area contributed by atoms with Crippen LogP contribution in [0.2, 0.25) is 0 Å². The zero-order valence-electron chi connectivity index (χ0n) is 14.5. The zero-order valence-corrected chi connectivity index (χ0v) is 16.2. The summed E-state index contributed by atoms with van der Waals surface area (Å²) >= 11 is 1.60. The van der Waals surface area contributed by atoms with E-state index < -0.39 is 6.10 Å². The van der Waals surface area contributed by atoms with Crippen molar-refractivity contribution in [3.8, 4) is 0 Å². The Balaban J connectivity index is 0.00000196. The first-order valence-corrected chi connectivity index (χ1v) is 9.74. The summed E-state index contributed by atoms with van der Waals surface area (Å²) in [6.45, 7) is 0.468. The SMILES string of the molecule is Cl.NC[C@H]1CC[C@@H](C(=O)Nc2nc3c(s2)CC(c2ccccc2)CC3)O1. The van der Waals surface area contributed by atoms with E-state index in [2.05, 4.69) is 40.6 Å². The molecule has 1 aliphatic carbocycles. The maximum Gasteiger partial charge on any atom is 0.255 e. The molecule has 2 heterocycles. The van der Waals surface area contributed by atoms with Crippen molar-refractivity contribution < 1.29 is 9.53 Å². The number of ether oxygens (including phenoxy) is 1. The number of aromatic nitrogens is 1. The van der Waals surface area contributed by atoms with Gasteiger partial charge in [-0.25, -0.2) is 4.98 Å². The average Bonchev–Trinajstić information content (AvgIpc) is 3.28. The van der Waals surface area contributed by atoms with E-state index in [9.17, 15) is 4.79 Å². The van der Waals surface area contributed by atoms with Gasteiger partial charge in [0.05, 0.1) is 11.8 Å². The molecule has 3 atom stereocenters.